The van der Waals surface area contributed by atoms with Gasteiger partial charge >= 0.3 is 18.3 Å². The second-order valence-electron chi connectivity index (χ2n) is 15.3. The molecule has 47 heavy (non-hydrogen) atoms. The zero-order valence-corrected chi connectivity index (χ0v) is 30.2. The average molecular weight is 670 g/mol. The van der Waals surface area contributed by atoms with Gasteiger partial charge in [0.1, 0.15) is 16.8 Å². The summed E-state index contributed by atoms with van der Waals surface area (Å²) in [4.78, 5) is 71.0. The summed E-state index contributed by atoms with van der Waals surface area (Å²) in [5.41, 5.74) is -2.03. The minimum absolute atomic E-state index is 0.0984. The minimum Gasteiger partial charge on any atom is -0.444 e. The van der Waals surface area contributed by atoms with Crippen molar-refractivity contribution >= 4 is 30.1 Å². The third kappa shape index (κ3) is 15.4. The Bertz CT molecular complexity index is 1040. The number of hydrogen-bond donors (Lipinski definition) is 3. The Labute approximate surface area is 280 Å². The van der Waals surface area contributed by atoms with Crippen LogP contribution in [0, 0.1) is 11.8 Å². The Kier molecular flexibility index (Phi) is 14.6. The number of carbonyl (C=O) groups excluding carboxylic acids is 5. The molecule has 0 aromatic carbocycles. The van der Waals surface area contributed by atoms with Crippen LogP contribution in [0.25, 0.3) is 0 Å². The molecule has 2 rings (SSSR count). The predicted molar refractivity (Wildman–Crippen MR) is 177 cm³/mol. The van der Waals surface area contributed by atoms with Crippen LogP contribution in [0.2, 0.25) is 0 Å². The van der Waals surface area contributed by atoms with Crippen molar-refractivity contribution < 1.29 is 38.2 Å². The molecule has 5 amide bonds. The smallest absolute Gasteiger partial charge is 0.410 e. The quantitative estimate of drug-likeness (QED) is 0.256. The maximum atomic E-state index is 13.2. The summed E-state index contributed by atoms with van der Waals surface area (Å²) < 4.78 is 16.6. The van der Waals surface area contributed by atoms with Crippen LogP contribution >= 0.6 is 0 Å². The largest absolute Gasteiger partial charge is 0.444 e. The Morgan fingerprint density at radius 2 is 0.851 bits per heavy atom. The zero-order chi connectivity index (χ0) is 35.6. The maximum absolute atomic E-state index is 13.2. The fraction of sp³-hybridized carbons (Fsp3) is 0.844. The molecule has 0 radical (unpaired) electrons. The molecule has 0 saturated carbocycles. The Balaban J connectivity index is 1.84. The van der Waals surface area contributed by atoms with E-state index in [1.54, 1.807) is 46.4 Å². The number of likely N-dealkylation sites (N-methyl/N-ethyl adjacent to an activating group) is 1. The summed E-state index contributed by atoms with van der Waals surface area (Å²) >= 11 is 0. The van der Waals surface area contributed by atoms with Crippen LogP contribution in [-0.2, 0) is 23.8 Å². The van der Waals surface area contributed by atoms with Crippen molar-refractivity contribution in [2.45, 2.75) is 79.1 Å². The molecule has 0 bridgehead atoms. The summed E-state index contributed by atoms with van der Waals surface area (Å²) in [5, 5.41) is 9.03. The summed E-state index contributed by atoms with van der Waals surface area (Å²) in [7, 11) is 1.92. The van der Waals surface area contributed by atoms with Gasteiger partial charge in [0.2, 0.25) is 11.8 Å². The Morgan fingerprint density at radius 3 is 1.19 bits per heavy atom. The van der Waals surface area contributed by atoms with E-state index in [0.29, 0.717) is 45.8 Å². The lowest BCUT2D eigenvalue weighted by Crippen LogP contribution is -2.46. The first kappa shape index (κ1) is 39.8. The second kappa shape index (κ2) is 17.2. The van der Waals surface area contributed by atoms with Gasteiger partial charge in [-0.05, 0) is 69.4 Å². The number of ether oxygens (including phenoxy) is 3. The number of carbonyl (C=O) groups is 5. The minimum atomic E-state index is -0.705. The van der Waals surface area contributed by atoms with E-state index in [9.17, 15) is 24.0 Å². The fourth-order valence-electron chi connectivity index (χ4n) is 4.96. The number of nitrogens with one attached hydrogen (secondary N) is 3. The Morgan fingerprint density at radius 1 is 0.532 bits per heavy atom. The van der Waals surface area contributed by atoms with E-state index in [1.165, 1.54) is 9.80 Å². The first-order valence-electron chi connectivity index (χ1n) is 16.5. The van der Waals surface area contributed by atoms with Crippen molar-refractivity contribution in [1.82, 2.24) is 35.6 Å². The monoisotopic (exact) mass is 669 g/mol. The van der Waals surface area contributed by atoms with Crippen molar-refractivity contribution in [2.24, 2.45) is 11.8 Å². The molecule has 270 valence electrons. The van der Waals surface area contributed by atoms with E-state index in [0.717, 1.165) is 0 Å². The van der Waals surface area contributed by atoms with E-state index in [1.807, 2.05) is 32.7 Å². The van der Waals surface area contributed by atoms with Gasteiger partial charge in [0.05, 0.1) is 11.8 Å². The first-order chi connectivity index (χ1) is 21.6. The van der Waals surface area contributed by atoms with Crippen molar-refractivity contribution in [3.8, 4) is 0 Å². The van der Waals surface area contributed by atoms with Gasteiger partial charge in [-0.3, -0.25) is 9.59 Å². The molecule has 0 aliphatic carbocycles. The third-order valence-electron chi connectivity index (χ3n) is 7.14. The van der Waals surface area contributed by atoms with Crippen molar-refractivity contribution in [3.05, 3.63) is 0 Å². The molecule has 2 fully saturated rings. The topological polar surface area (TPSA) is 162 Å². The average Bonchev–Trinajstić information content (AvgIpc) is 3.26. The number of rotatable bonds is 8. The van der Waals surface area contributed by atoms with Gasteiger partial charge in [-0.2, -0.15) is 0 Å². The molecular formula is C32H59N7O8. The molecule has 2 aliphatic rings. The molecule has 15 heteroatoms. The fourth-order valence-corrected chi connectivity index (χ4v) is 4.96. The lowest BCUT2D eigenvalue weighted by atomic mass is 10.1. The van der Waals surface area contributed by atoms with Crippen LogP contribution in [-0.4, -0.2) is 152 Å². The van der Waals surface area contributed by atoms with E-state index in [4.69, 9.17) is 14.2 Å². The van der Waals surface area contributed by atoms with Gasteiger partial charge in [-0.25, -0.2) is 14.4 Å². The molecule has 3 N–H and O–H groups in total. The second-order valence-corrected chi connectivity index (χ2v) is 15.3. The van der Waals surface area contributed by atoms with E-state index in [2.05, 4.69) is 16.0 Å². The molecule has 2 saturated heterocycles. The molecule has 0 aromatic heterocycles. The van der Waals surface area contributed by atoms with Crippen molar-refractivity contribution in [1.29, 1.82) is 0 Å². The van der Waals surface area contributed by atoms with E-state index < -0.39 is 46.9 Å². The van der Waals surface area contributed by atoms with E-state index in [-0.39, 0.29) is 44.5 Å². The Hall–Kier alpha value is -3.33. The van der Waals surface area contributed by atoms with Crippen molar-refractivity contribution in [3.63, 3.8) is 0 Å². The highest BCUT2D eigenvalue weighted by atomic mass is 16.6. The summed E-state index contributed by atoms with van der Waals surface area (Å²) in [6.07, 6.45) is -1.51. The lowest BCUT2D eigenvalue weighted by Gasteiger charge is -2.27. The van der Waals surface area contributed by atoms with Gasteiger partial charge in [-0.15, -0.1) is 0 Å². The van der Waals surface area contributed by atoms with Gasteiger partial charge in [0, 0.05) is 78.5 Å². The standard InChI is InChI=1S/C32H59N7O8/c1-30(2,3)45-27(42)37-16-15-36(10)19-23(20-37)25(40)34-13-11-33-12-14-35-26(41)24-21-38(28(43)46-31(4,5)6)17-18-39(22-24)29(44)47-32(7,8)9/h23-24,33H,11-22H2,1-10H3,(H,34,40)(H,35,41). The van der Waals surface area contributed by atoms with Gasteiger partial charge < -0.3 is 49.8 Å². The molecular weight excluding hydrogens is 610 g/mol. The highest BCUT2D eigenvalue weighted by molar-refractivity contribution is 5.81. The maximum Gasteiger partial charge on any atom is 0.410 e. The van der Waals surface area contributed by atoms with Crippen LogP contribution in [0.4, 0.5) is 14.4 Å². The van der Waals surface area contributed by atoms with Crippen LogP contribution in [0.3, 0.4) is 0 Å². The SMILES string of the molecule is CN1CCN(C(=O)OC(C)(C)C)CC(C(=O)NCCNCCNC(=O)C2CN(C(=O)OC(C)(C)C)CCN(C(=O)OC(C)(C)C)C2)C1. The van der Waals surface area contributed by atoms with Gasteiger partial charge in [0.25, 0.3) is 0 Å². The highest BCUT2D eigenvalue weighted by Gasteiger charge is 2.35. The summed E-state index contributed by atoms with van der Waals surface area (Å²) in [6.45, 7) is 20.2. The van der Waals surface area contributed by atoms with Crippen LogP contribution in [0.15, 0.2) is 0 Å². The normalized spacial score (nSPS) is 18.9. The number of nitrogens with zero attached hydrogens (tertiary/aromatic N) is 4. The highest BCUT2D eigenvalue weighted by Crippen LogP contribution is 2.18. The van der Waals surface area contributed by atoms with Crippen molar-refractivity contribution in [2.75, 3.05) is 85.6 Å². The molecule has 2 aliphatic heterocycles. The van der Waals surface area contributed by atoms with Crippen LogP contribution in [0.1, 0.15) is 62.3 Å². The first-order valence-corrected chi connectivity index (χ1v) is 16.5. The molecule has 0 spiro atoms. The third-order valence-corrected chi connectivity index (χ3v) is 7.14. The number of hydrogen-bond acceptors (Lipinski definition) is 10. The van der Waals surface area contributed by atoms with Gasteiger partial charge in [0.15, 0.2) is 0 Å². The van der Waals surface area contributed by atoms with E-state index >= 15 is 0 Å². The van der Waals surface area contributed by atoms with Crippen LogP contribution < -0.4 is 16.0 Å². The predicted octanol–water partition coefficient (Wildman–Crippen LogP) is 1.71. The lowest BCUT2D eigenvalue weighted by molar-refractivity contribution is -0.126. The molecule has 1 unspecified atom stereocenters. The molecule has 1 atom stereocenters. The molecule has 2 heterocycles. The molecule has 15 nitrogen and oxygen atoms in total. The zero-order valence-electron chi connectivity index (χ0n) is 30.2. The summed E-state index contributed by atoms with van der Waals surface area (Å²) in [6, 6.07) is 0. The molecule has 0 aromatic rings. The van der Waals surface area contributed by atoms with Gasteiger partial charge in [-0.1, -0.05) is 0 Å². The van der Waals surface area contributed by atoms with Crippen LogP contribution in [0.5, 0.6) is 0 Å². The number of amides is 5. The summed E-state index contributed by atoms with van der Waals surface area (Å²) in [5.74, 6) is -1.51.